The summed E-state index contributed by atoms with van der Waals surface area (Å²) in [6, 6.07) is 5.73. The molecule has 0 aromatic heterocycles. The van der Waals surface area contributed by atoms with Crippen molar-refractivity contribution in [3.63, 3.8) is 0 Å². The Morgan fingerprint density at radius 3 is 2.74 bits per heavy atom. The number of ether oxygens (including phenoxy) is 1. The van der Waals surface area contributed by atoms with Crippen LogP contribution in [0.2, 0.25) is 5.02 Å². The highest BCUT2D eigenvalue weighted by molar-refractivity contribution is 6.32. The van der Waals surface area contributed by atoms with E-state index in [0.29, 0.717) is 22.8 Å². The number of nitrogens with one attached hydrogen (secondary N) is 1. The molecule has 19 heavy (non-hydrogen) atoms. The van der Waals surface area contributed by atoms with Crippen molar-refractivity contribution in [3.8, 4) is 5.75 Å². The van der Waals surface area contributed by atoms with Crippen LogP contribution in [0.1, 0.15) is 26.7 Å². The smallest absolute Gasteiger partial charge is 0.193 e. The van der Waals surface area contributed by atoms with Gasteiger partial charge in [0.1, 0.15) is 5.75 Å². The number of hydrogen-bond donors (Lipinski definition) is 2. The number of halogens is 1. The molecular formula is C14H20ClN3O. The van der Waals surface area contributed by atoms with Gasteiger partial charge >= 0.3 is 0 Å². The van der Waals surface area contributed by atoms with Crippen molar-refractivity contribution >= 4 is 23.2 Å². The molecule has 0 heterocycles. The number of hydrogen-bond acceptors (Lipinski definition) is 2. The van der Waals surface area contributed by atoms with E-state index in [0.717, 1.165) is 12.1 Å². The Balaban J connectivity index is 2.04. The Hall–Kier alpha value is -1.42. The molecule has 0 spiro atoms. The quantitative estimate of drug-likeness (QED) is 0.660. The Morgan fingerprint density at radius 1 is 1.53 bits per heavy atom. The van der Waals surface area contributed by atoms with Crippen LogP contribution in [-0.2, 0) is 0 Å². The van der Waals surface area contributed by atoms with Gasteiger partial charge in [0.05, 0.1) is 18.2 Å². The average molecular weight is 282 g/mol. The van der Waals surface area contributed by atoms with E-state index in [2.05, 4.69) is 24.2 Å². The zero-order chi connectivity index (χ0) is 14.0. The summed E-state index contributed by atoms with van der Waals surface area (Å²) in [5.74, 6) is 1.07. The molecule has 5 heteroatoms. The number of aliphatic imine (C=N–C) groups is 1. The van der Waals surface area contributed by atoms with Crippen molar-refractivity contribution in [1.29, 1.82) is 0 Å². The van der Waals surface area contributed by atoms with Gasteiger partial charge in [-0.2, -0.15) is 0 Å². The van der Waals surface area contributed by atoms with Crippen molar-refractivity contribution in [1.82, 2.24) is 0 Å². The summed E-state index contributed by atoms with van der Waals surface area (Å²) in [7, 11) is 1.59. The topological polar surface area (TPSA) is 59.6 Å². The maximum atomic E-state index is 6.06. The molecule has 1 saturated carbocycles. The third kappa shape index (κ3) is 3.13. The molecule has 1 fully saturated rings. The third-order valence-corrected chi connectivity index (χ3v) is 3.98. The number of anilines is 1. The summed E-state index contributed by atoms with van der Waals surface area (Å²) < 4.78 is 5.10. The first kappa shape index (κ1) is 14.0. The molecule has 0 aliphatic heterocycles. The minimum absolute atomic E-state index is 0.254. The lowest BCUT2D eigenvalue weighted by atomic mass is 9.68. The second kappa shape index (κ2) is 5.29. The minimum Gasteiger partial charge on any atom is -0.495 e. The maximum Gasteiger partial charge on any atom is 0.193 e. The van der Waals surface area contributed by atoms with Crippen LogP contribution in [-0.4, -0.2) is 19.1 Å². The first-order valence-electron chi connectivity index (χ1n) is 6.36. The molecular weight excluding hydrogens is 262 g/mol. The molecule has 1 aromatic carbocycles. The Kier molecular flexibility index (Phi) is 3.90. The van der Waals surface area contributed by atoms with Gasteiger partial charge < -0.3 is 15.8 Å². The van der Waals surface area contributed by atoms with Crippen LogP contribution in [0, 0.1) is 5.41 Å². The predicted molar refractivity (Wildman–Crippen MR) is 80.1 cm³/mol. The Bertz CT molecular complexity index is 499. The molecule has 0 saturated heterocycles. The Labute approximate surface area is 119 Å². The van der Waals surface area contributed by atoms with Crippen molar-refractivity contribution in [2.45, 2.75) is 32.7 Å². The molecule has 3 N–H and O–H groups in total. The number of benzene rings is 1. The van der Waals surface area contributed by atoms with Crippen LogP contribution < -0.4 is 15.8 Å². The molecule has 1 aliphatic rings. The third-order valence-electron chi connectivity index (χ3n) is 3.68. The molecule has 1 aromatic rings. The normalized spacial score (nSPS) is 21.7. The molecule has 0 radical (unpaired) electrons. The van der Waals surface area contributed by atoms with Crippen LogP contribution >= 0.6 is 11.6 Å². The second-order valence-electron chi connectivity index (χ2n) is 5.53. The zero-order valence-electron chi connectivity index (χ0n) is 11.5. The number of nitrogens with two attached hydrogens (primary N) is 1. The summed E-state index contributed by atoms with van der Waals surface area (Å²) in [5.41, 5.74) is 6.99. The largest absolute Gasteiger partial charge is 0.495 e. The number of guanidine groups is 1. The monoisotopic (exact) mass is 281 g/mol. The van der Waals surface area contributed by atoms with Gasteiger partial charge in [-0.1, -0.05) is 25.4 Å². The van der Waals surface area contributed by atoms with Crippen LogP contribution in [0.15, 0.2) is 23.2 Å². The summed E-state index contributed by atoms with van der Waals surface area (Å²) in [5, 5.41) is 3.60. The molecule has 104 valence electrons. The van der Waals surface area contributed by atoms with Gasteiger partial charge in [-0.3, -0.25) is 0 Å². The van der Waals surface area contributed by atoms with Gasteiger partial charge in [0.15, 0.2) is 5.96 Å². The van der Waals surface area contributed by atoms with Crippen LogP contribution in [0.25, 0.3) is 0 Å². The fourth-order valence-corrected chi connectivity index (χ4v) is 2.44. The minimum atomic E-state index is 0.254. The zero-order valence-corrected chi connectivity index (χ0v) is 12.3. The highest BCUT2D eigenvalue weighted by Crippen LogP contribution is 2.42. The van der Waals surface area contributed by atoms with E-state index in [1.54, 1.807) is 19.2 Å². The van der Waals surface area contributed by atoms with Crippen LogP contribution in [0.3, 0.4) is 0 Å². The van der Waals surface area contributed by atoms with Crippen molar-refractivity contribution in [2.75, 3.05) is 12.4 Å². The lowest BCUT2D eigenvalue weighted by molar-refractivity contribution is 0.145. The van der Waals surface area contributed by atoms with Crippen molar-refractivity contribution < 1.29 is 4.74 Å². The number of methoxy groups -OCH3 is 1. The molecule has 2 rings (SSSR count). The number of nitrogens with zero attached hydrogens (tertiary/aromatic N) is 1. The van der Waals surface area contributed by atoms with Crippen molar-refractivity contribution in [2.24, 2.45) is 16.1 Å². The van der Waals surface area contributed by atoms with Gasteiger partial charge in [0, 0.05) is 5.69 Å². The first-order valence-corrected chi connectivity index (χ1v) is 6.74. The summed E-state index contributed by atoms with van der Waals surface area (Å²) in [6.07, 6.45) is 2.29. The van der Waals surface area contributed by atoms with E-state index in [4.69, 9.17) is 22.1 Å². The lowest BCUT2D eigenvalue weighted by Crippen LogP contribution is -2.40. The fourth-order valence-electron chi connectivity index (χ4n) is 2.18. The van der Waals surface area contributed by atoms with Gasteiger partial charge in [-0.25, -0.2) is 4.99 Å². The van der Waals surface area contributed by atoms with Crippen molar-refractivity contribution in [3.05, 3.63) is 23.2 Å². The van der Waals surface area contributed by atoms with Crippen LogP contribution in [0.5, 0.6) is 5.75 Å². The molecule has 1 unspecified atom stereocenters. The van der Waals surface area contributed by atoms with E-state index < -0.39 is 0 Å². The van der Waals surface area contributed by atoms with E-state index in [9.17, 15) is 0 Å². The van der Waals surface area contributed by atoms with Crippen LogP contribution in [0.4, 0.5) is 5.69 Å². The average Bonchev–Trinajstić information content (AvgIpc) is 2.35. The highest BCUT2D eigenvalue weighted by atomic mass is 35.5. The molecule has 1 atom stereocenters. The van der Waals surface area contributed by atoms with Gasteiger partial charge in [-0.15, -0.1) is 0 Å². The summed E-state index contributed by atoms with van der Waals surface area (Å²) in [4.78, 5) is 4.51. The van der Waals surface area contributed by atoms with E-state index in [-0.39, 0.29) is 5.41 Å². The lowest BCUT2D eigenvalue weighted by Gasteiger charge is -2.41. The molecule has 0 bridgehead atoms. The number of rotatable bonds is 3. The van der Waals surface area contributed by atoms with Gasteiger partial charge in [0.25, 0.3) is 0 Å². The second-order valence-corrected chi connectivity index (χ2v) is 5.94. The van der Waals surface area contributed by atoms with E-state index >= 15 is 0 Å². The first-order chi connectivity index (χ1) is 8.92. The highest BCUT2D eigenvalue weighted by Gasteiger charge is 2.38. The van der Waals surface area contributed by atoms with Gasteiger partial charge in [-0.05, 0) is 36.5 Å². The molecule has 1 aliphatic carbocycles. The van der Waals surface area contributed by atoms with E-state index in [1.165, 1.54) is 6.42 Å². The standard InChI is InChI=1S/C14H20ClN3O/c1-14(2)7-6-12(14)18-13(16)17-9-4-5-11(19-3)10(15)8-9/h4-5,8,12H,6-7H2,1-3H3,(H3,16,17,18). The van der Waals surface area contributed by atoms with E-state index in [1.807, 2.05) is 6.07 Å². The Morgan fingerprint density at radius 2 is 2.26 bits per heavy atom. The predicted octanol–water partition coefficient (Wildman–Crippen LogP) is 3.26. The maximum absolute atomic E-state index is 6.06. The fraction of sp³-hybridized carbons (Fsp3) is 0.500. The molecule has 4 nitrogen and oxygen atoms in total. The summed E-state index contributed by atoms with van der Waals surface area (Å²) >= 11 is 6.06. The van der Waals surface area contributed by atoms with Gasteiger partial charge in [0.2, 0.25) is 0 Å². The summed E-state index contributed by atoms with van der Waals surface area (Å²) in [6.45, 7) is 4.42. The molecule has 0 amide bonds. The SMILES string of the molecule is COc1ccc(NC(N)=NC2CCC2(C)C)cc1Cl.